The number of carbonyl (C=O) groups excluding carboxylic acids is 1. The molecule has 2 N–H and O–H groups in total. The van der Waals surface area contributed by atoms with E-state index in [-0.39, 0.29) is 23.6 Å². The van der Waals surface area contributed by atoms with Crippen LogP contribution in [0.5, 0.6) is 11.5 Å². The second-order valence-electron chi connectivity index (χ2n) is 9.94. The van der Waals surface area contributed by atoms with Gasteiger partial charge in [-0.1, -0.05) is 55.8 Å². The molecule has 3 aromatic rings. The number of phenols is 1. The van der Waals surface area contributed by atoms with Crippen molar-refractivity contribution >= 4 is 17.6 Å². The molecule has 0 fully saturated rings. The lowest BCUT2D eigenvalue weighted by atomic mass is 9.69. The molecule has 1 atom stereocenters. The fourth-order valence-corrected chi connectivity index (χ4v) is 5.24. The highest BCUT2D eigenvalue weighted by Gasteiger charge is 2.53. The van der Waals surface area contributed by atoms with Gasteiger partial charge in [0.05, 0.1) is 12.7 Å². The van der Waals surface area contributed by atoms with Crippen LogP contribution in [0.2, 0.25) is 0 Å². The highest BCUT2D eigenvalue weighted by Crippen LogP contribution is 2.50. The number of hydrogen-bond acceptors (Lipinski definition) is 4. The maximum atomic E-state index is 14.5. The molecule has 1 amide bonds. The van der Waals surface area contributed by atoms with Crippen LogP contribution in [0.1, 0.15) is 59.3 Å². The quantitative estimate of drug-likeness (QED) is 0.403. The highest BCUT2D eigenvalue weighted by molar-refractivity contribution is 6.12. The third-order valence-corrected chi connectivity index (χ3v) is 7.04. The molecule has 4 rings (SSSR count). The predicted octanol–water partition coefficient (Wildman–Crippen LogP) is 5.72. The van der Waals surface area contributed by atoms with Crippen LogP contribution in [0.4, 0.5) is 5.69 Å². The average molecular weight is 488 g/mol. The zero-order valence-electron chi connectivity index (χ0n) is 21.2. The second kappa shape index (κ2) is 10.1. The van der Waals surface area contributed by atoms with Crippen molar-refractivity contribution < 1.29 is 24.5 Å². The Labute approximate surface area is 212 Å². The average Bonchev–Trinajstić information content (AvgIpc) is 3.07. The van der Waals surface area contributed by atoms with E-state index in [9.17, 15) is 19.8 Å². The van der Waals surface area contributed by atoms with Crippen molar-refractivity contribution in [2.75, 3.05) is 18.6 Å². The lowest BCUT2D eigenvalue weighted by Gasteiger charge is -2.31. The third-order valence-electron chi connectivity index (χ3n) is 7.04. The van der Waals surface area contributed by atoms with Crippen LogP contribution in [0.3, 0.4) is 0 Å². The summed E-state index contributed by atoms with van der Waals surface area (Å²) in [5.41, 5.74) is 2.28. The van der Waals surface area contributed by atoms with Gasteiger partial charge in [-0.2, -0.15) is 0 Å². The van der Waals surface area contributed by atoms with E-state index in [1.807, 2.05) is 25.1 Å². The summed E-state index contributed by atoms with van der Waals surface area (Å²) in [5.74, 6) is -0.253. The Morgan fingerprint density at radius 1 is 1.06 bits per heavy atom. The van der Waals surface area contributed by atoms with E-state index >= 15 is 0 Å². The summed E-state index contributed by atoms with van der Waals surface area (Å²) in [6.07, 6.45) is 1.92. The van der Waals surface area contributed by atoms with Gasteiger partial charge in [0.2, 0.25) is 5.91 Å². The van der Waals surface area contributed by atoms with E-state index < -0.39 is 11.4 Å². The lowest BCUT2D eigenvalue weighted by Crippen LogP contribution is -2.44. The number of phenolic OH excluding ortho intramolecular Hbond substituents is 1. The number of methoxy groups -OCH3 is 1. The van der Waals surface area contributed by atoms with Crippen molar-refractivity contribution in [3.63, 3.8) is 0 Å². The minimum Gasteiger partial charge on any atom is -0.508 e. The molecule has 6 nitrogen and oxygen atoms in total. The molecule has 36 heavy (non-hydrogen) atoms. The molecule has 0 bridgehead atoms. The molecule has 0 aliphatic carbocycles. The van der Waals surface area contributed by atoms with E-state index in [4.69, 9.17) is 4.74 Å². The minimum absolute atomic E-state index is 0.00166. The van der Waals surface area contributed by atoms with Gasteiger partial charge in [0.15, 0.2) is 0 Å². The molecule has 1 unspecified atom stereocenters. The van der Waals surface area contributed by atoms with Crippen LogP contribution in [-0.2, 0) is 16.6 Å². The summed E-state index contributed by atoms with van der Waals surface area (Å²) in [4.78, 5) is 28.7. The number of anilines is 1. The van der Waals surface area contributed by atoms with E-state index in [2.05, 4.69) is 13.8 Å². The maximum absolute atomic E-state index is 14.5. The number of carboxylic acid groups (broad SMARTS) is 1. The van der Waals surface area contributed by atoms with Gasteiger partial charge in [0, 0.05) is 18.3 Å². The van der Waals surface area contributed by atoms with Crippen LogP contribution < -0.4 is 9.64 Å². The van der Waals surface area contributed by atoms with Crippen molar-refractivity contribution in [1.82, 2.24) is 0 Å². The standard InChI is InChI=1S/C30H33NO5/c1-19(2)8-7-15-31-26-14-11-20(3)16-25(26)30(29(31)35,24-10-6-5-9-23(24)28(33)34)18-21-12-13-22(36-4)17-27(21)32/h5-6,9-14,16-17,19,32H,7-8,15,18H2,1-4H3,(H,33,34). The van der Waals surface area contributed by atoms with Crippen LogP contribution in [0.15, 0.2) is 60.7 Å². The van der Waals surface area contributed by atoms with Crippen LogP contribution >= 0.6 is 0 Å². The van der Waals surface area contributed by atoms with Crippen molar-refractivity contribution in [3.8, 4) is 11.5 Å². The Balaban J connectivity index is 1.97. The number of carbonyl (C=O) groups is 2. The topological polar surface area (TPSA) is 87.1 Å². The Bertz CT molecular complexity index is 1300. The Kier molecular flexibility index (Phi) is 7.07. The van der Waals surface area contributed by atoms with Crippen LogP contribution in [0, 0.1) is 12.8 Å². The summed E-state index contributed by atoms with van der Waals surface area (Å²) in [5, 5.41) is 21.0. The fourth-order valence-electron chi connectivity index (χ4n) is 5.24. The number of hydrogen-bond donors (Lipinski definition) is 2. The minimum atomic E-state index is -1.31. The molecule has 0 saturated carbocycles. The number of aromatic carboxylic acids is 1. The van der Waals surface area contributed by atoms with E-state index in [1.54, 1.807) is 35.2 Å². The first kappa shape index (κ1) is 25.3. The molecule has 3 aromatic carbocycles. The number of carboxylic acids is 1. The van der Waals surface area contributed by atoms with Gasteiger partial charge in [0.25, 0.3) is 0 Å². The molecule has 1 aliphatic rings. The normalized spacial score (nSPS) is 16.9. The van der Waals surface area contributed by atoms with Gasteiger partial charge in [-0.05, 0) is 67.0 Å². The predicted molar refractivity (Wildman–Crippen MR) is 140 cm³/mol. The van der Waals surface area contributed by atoms with Crippen molar-refractivity contribution in [2.45, 2.75) is 45.4 Å². The van der Waals surface area contributed by atoms with Crippen molar-refractivity contribution in [3.05, 3.63) is 88.5 Å². The number of aryl methyl sites for hydroxylation is 1. The Morgan fingerprint density at radius 2 is 1.81 bits per heavy atom. The van der Waals surface area contributed by atoms with E-state index in [0.717, 1.165) is 29.7 Å². The molecular formula is C30H33NO5. The SMILES string of the molecule is COc1ccc(CC2(c3ccccc3C(=O)O)C(=O)N(CCCC(C)C)c3ccc(C)cc32)c(O)c1. The summed E-state index contributed by atoms with van der Waals surface area (Å²) < 4.78 is 5.24. The Hall–Kier alpha value is -3.80. The van der Waals surface area contributed by atoms with Crippen molar-refractivity contribution in [1.29, 1.82) is 0 Å². The zero-order valence-corrected chi connectivity index (χ0v) is 21.2. The number of aromatic hydroxyl groups is 1. The first-order valence-electron chi connectivity index (χ1n) is 12.3. The van der Waals surface area contributed by atoms with Gasteiger partial charge >= 0.3 is 5.97 Å². The van der Waals surface area contributed by atoms with Crippen LogP contribution in [0.25, 0.3) is 0 Å². The third kappa shape index (κ3) is 4.43. The summed E-state index contributed by atoms with van der Waals surface area (Å²) >= 11 is 0. The molecule has 0 saturated heterocycles. The maximum Gasteiger partial charge on any atom is 0.336 e. The van der Waals surface area contributed by atoms with Crippen LogP contribution in [-0.4, -0.2) is 35.7 Å². The number of ether oxygens (including phenoxy) is 1. The smallest absolute Gasteiger partial charge is 0.336 e. The summed E-state index contributed by atoms with van der Waals surface area (Å²) in [7, 11) is 1.52. The molecule has 0 aromatic heterocycles. The molecule has 0 radical (unpaired) electrons. The number of amides is 1. The second-order valence-corrected chi connectivity index (χ2v) is 9.94. The monoisotopic (exact) mass is 487 g/mol. The molecule has 0 spiro atoms. The molecule has 6 heteroatoms. The van der Waals surface area contributed by atoms with Gasteiger partial charge in [-0.3, -0.25) is 4.79 Å². The number of nitrogens with zero attached hydrogens (tertiary/aromatic N) is 1. The number of fused-ring (bicyclic) bond motifs is 1. The number of benzene rings is 3. The van der Waals surface area contributed by atoms with Gasteiger partial charge in [-0.25, -0.2) is 4.79 Å². The van der Waals surface area contributed by atoms with Gasteiger partial charge in [0.1, 0.15) is 16.9 Å². The number of rotatable bonds is 9. The molecular weight excluding hydrogens is 454 g/mol. The van der Waals surface area contributed by atoms with Crippen molar-refractivity contribution in [2.24, 2.45) is 5.92 Å². The zero-order chi connectivity index (χ0) is 26.0. The van der Waals surface area contributed by atoms with Gasteiger partial charge in [-0.15, -0.1) is 0 Å². The lowest BCUT2D eigenvalue weighted by molar-refractivity contribution is -0.121. The summed E-state index contributed by atoms with van der Waals surface area (Å²) in [6, 6.07) is 17.6. The summed E-state index contributed by atoms with van der Waals surface area (Å²) in [6.45, 7) is 6.81. The first-order valence-corrected chi connectivity index (χ1v) is 12.3. The highest BCUT2D eigenvalue weighted by atomic mass is 16.5. The first-order chi connectivity index (χ1) is 17.2. The van der Waals surface area contributed by atoms with E-state index in [1.165, 1.54) is 19.2 Å². The molecule has 1 heterocycles. The van der Waals surface area contributed by atoms with E-state index in [0.29, 0.717) is 29.3 Å². The Morgan fingerprint density at radius 3 is 2.47 bits per heavy atom. The molecule has 1 aliphatic heterocycles. The fraction of sp³-hybridized carbons (Fsp3) is 0.333. The van der Waals surface area contributed by atoms with Gasteiger partial charge < -0.3 is 19.8 Å². The largest absolute Gasteiger partial charge is 0.508 e. The molecule has 188 valence electrons.